The fraction of sp³-hybridized carbons (Fsp3) is 0.154. The molecule has 0 fully saturated rings. The Morgan fingerprint density at radius 2 is 2.12 bits per heavy atom. The van der Waals surface area contributed by atoms with E-state index in [1.165, 1.54) is 18.4 Å². The maximum atomic E-state index is 13.1. The van der Waals surface area contributed by atoms with Gasteiger partial charge in [-0.1, -0.05) is 0 Å². The second-order valence-corrected chi connectivity index (χ2v) is 4.64. The molecule has 0 aliphatic heterocycles. The maximum absolute atomic E-state index is 13.1. The highest BCUT2D eigenvalue weighted by Gasteiger charge is 2.34. The highest BCUT2D eigenvalue weighted by atomic mass is 19.4. The van der Waals surface area contributed by atoms with Crippen molar-refractivity contribution in [1.29, 1.82) is 0 Å². The number of hydrogen-bond acceptors (Lipinski definition) is 7. The van der Waals surface area contributed by atoms with E-state index in [2.05, 4.69) is 15.1 Å². The molecule has 0 amide bonds. The van der Waals surface area contributed by atoms with Crippen LogP contribution in [0.4, 0.5) is 18.9 Å². The molecule has 0 unspecified atom stereocenters. The summed E-state index contributed by atoms with van der Waals surface area (Å²) in [6.07, 6.45) is -2.63. The Morgan fingerprint density at radius 3 is 2.64 bits per heavy atom. The molecule has 3 aromatic rings. The van der Waals surface area contributed by atoms with Crippen LogP contribution in [-0.2, 0) is 6.18 Å². The molecule has 3 heterocycles. The van der Waals surface area contributed by atoms with Gasteiger partial charge in [-0.25, -0.2) is 9.97 Å². The molecule has 9 nitrogen and oxygen atoms in total. The van der Waals surface area contributed by atoms with Gasteiger partial charge in [-0.15, -0.1) is 5.10 Å². The van der Waals surface area contributed by atoms with Crippen molar-refractivity contribution in [1.82, 2.24) is 19.7 Å². The van der Waals surface area contributed by atoms with Crippen LogP contribution in [0.5, 0.6) is 5.88 Å². The lowest BCUT2D eigenvalue weighted by Crippen LogP contribution is -2.13. The first-order valence-corrected chi connectivity index (χ1v) is 6.58. The van der Waals surface area contributed by atoms with Gasteiger partial charge >= 0.3 is 17.7 Å². The van der Waals surface area contributed by atoms with Gasteiger partial charge in [0.1, 0.15) is 11.9 Å². The number of rotatable bonds is 4. The molecule has 0 atom stereocenters. The molecule has 0 aliphatic rings. The molecule has 0 aromatic carbocycles. The number of hydrogen-bond donors (Lipinski definition) is 0. The van der Waals surface area contributed by atoms with E-state index in [0.717, 1.165) is 18.0 Å². The smallest absolute Gasteiger partial charge is 0.433 e. The van der Waals surface area contributed by atoms with Gasteiger partial charge < -0.3 is 9.15 Å². The van der Waals surface area contributed by atoms with Gasteiger partial charge in [0.15, 0.2) is 11.5 Å². The van der Waals surface area contributed by atoms with Crippen LogP contribution in [0.25, 0.3) is 17.4 Å². The number of aromatic nitrogens is 4. The first-order chi connectivity index (χ1) is 11.8. The van der Waals surface area contributed by atoms with E-state index in [0.29, 0.717) is 6.07 Å². The molecular formula is C13H8F3N5O4. The van der Waals surface area contributed by atoms with Crippen LogP contribution in [0.1, 0.15) is 5.69 Å². The molecule has 130 valence electrons. The summed E-state index contributed by atoms with van der Waals surface area (Å²) < 4.78 is 49.8. The van der Waals surface area contributed by atoms with Gasteiger partial charge in [0.25, 0.3) is 5.95 Å². The summed E-state index contributed by atoms with van der Waals surface area (Å²) in [5, 5.41) is 14.6. The first-order valence-electron chi connectivity index (χ1n) is 6.58. The number of ether oxygens (including phenoxy) is 1. The highest BCUT2D eigenvalue weighted by molar-refractivity contribution is 5.53. The Labute approximate surface area is 136 Å². The standard InChI is InChI=1S/C13H8F3N5O4/c1-24-11-8(21(22)23)6-20(19-11)12-17-7(9-3-2-4-25-9)5-10(18-12)13(14,15)16/h2-6H,1H3. The summed E-state index contributed by atoms with van der Waals surface area (Å²) in [7, 11) is 1.14. The van der Waals surface area contributed by atoms with Crippen LogP contribution in [0.3, 0.4) is 0 Å². The molecule has 0 aliphatic carbocycles. The molecule has 3 rings (SSSR count). The SMILES string of the molecule is COc1nn(-c2nc(-c3ccco3)cc(C(F)(F)F)n2)cc1[N+](=O)[O-]. The van der Waals surface area contributed by atoms with Crippen LogP contribution < -0.4 is 4.74 Å². The second-order valence-electron chi connectivity index (χ2n) is 4.64. The minimum absolute atomic E-state index is 0.0720. The van der Waals surface area contributed by atoms with E-state index in [1.807, 2.05) is 0 Å². The fourth-order valence-electron chi connectivity index (χ4n) is 1.95. The molecule has 0 bridgehead atoms. The predicted molar refractivity (Wildman–Crippen MR) is 75.1 cm³/mol. The molecule has 3 aromatic heterocycles. The Balaban J connectivity index is 2.19. The van der Waals surface area contributed by atoms with E-state index < -0.39 is 28.4 Å². The van der Waals surface area contributed by atoms with Crippen molar-refractivity contribution in [3.8, 4) is 23.3 Å². The lowest BCUT2D eigenvalue weighted by molar-refractivity contribution is -0.385. The topological polar surface area (TPSA) is 109 Å². The number of nitrogens with zero attached hydrogens (tertiary/aromatic N) is 5. The monoisotopic (exact) mass is 355 g/mol. The van der Waals surface area contributed by atoms with Gasteiger partial charge in [-0.05, 0) is 18.2 Å². The summed E-state index contributed by atoms with van der Waals surface area (Å²) in [5.41, 5.74) is -1.94. The van der Waals surface area contributed by atoms with Crippen LogP contribution in [-0.4, -0.2) is 31.8 Å². The van der Waals surface area contributed by atoms with Gasteiger partial charge in [0, 0.05) is 0 Å². The summed E-state index contributed by atoms with van der Waals surface area (Å²) >= 11 is 0. The number of halogens is 3. The van der Waals surface area contributed by atoms with Crippen molar-refractivity contribution in [3.05, 3.63) is 46.5 Å². The van der Waals surface area contributed by atoms with Crippen molar-refractivity contribution in [2.75, 3.05) is 7.11 Å². The number of methoxy groups -OCH3 is 1. The van der Waals surface area contributed by atoms with E-state index in [9.17, 15) is 23.3 Å². The Morgan fingerprint density at radius 1 is 1.36 bits per heavy atom. The first kappa shape index (κ1) is 16.4. The molecular weight excluding hydrogens is 347 g/mol. The molecule has 0 N–H and O–H groups in total. The van der Waals surface area contributed by atoms with Crippen molar-refractivity contribution in [3.63, 3.8) is 0 Å². The van der Waals surface area contributed by atoms with Crippen molar-refractivity contribution in [2.24, 2.45) is 0 Å². The van der Waals surface area contributed by atoms with E-state index in [1.54, 1.807) is 0 Å². The third kappa shape index (κ3) is 3.13. The normalized spacial score (nSPS) is 11.5. The average Bonchev–Trinajstić information content (AvgIpc) is 3.23. The quantitative estimate of drug-likeness (QED) is 0.523. The van der Waals surface area contributed by atoms with Gasteiger partial charge in [-0.2, -0.15) is 17.9 Å². The molecule has 0 saturated carbocycles. The van der Waals surface area contributed by atoms with Crippen LogP contribution in [0, 0.1) is 10.1 Å². The maximum Gasteiger partial charge on any atom is 0.433 e. The zero-order chi connectivity index (χ0) is 18.2. The largest absolute Gasteiger partial charge is 0.475 e. The zero-order valence-electron chi connectivity index (χ0n) is 12.4. The molecule has 0 radical (unpaired) electrons. The summed E-state index contributed by atoms with van der Waals surface area (Å²) in [6, 6.07) is 3.60. The molecule has 25 heavy (non-hydrogen) atoms. The predicted octanol–water partition coefficient (Wildman–Crippen LogP) is 2.86. The second kappa shape index (κ2) is 5.89. The summed E-state index contributed by atoms with van der Waals surface area (Å²) in [6.45, 7) is 0. The van der Waals surface area contributed by atoms with Gasteiger partial charge in [-0.3, -0.25) is 10.1 Å². The van der Waals surface area contributed by atoms with Gasteiger partial charge in [0.05, 0.1) is 18.3 Å². The van der Waals surface area contributed by atoms with Crippen LogP contribution >= 0.6 is 0 Å². The Hall–Kier alpha value is -3.44. The van der Waals surface area contributed by atoms with E-state index in [-0.39, 0.29) is 17.3 Å². The average molecular weight is 355 g/mol. The van der Waals surface area contributed by atoms with Crippen LogP contribution in [0.15, 0.2) is 35.1 Å². The Kier molecular flexibility index (Phi) is 3.87. The fourth-order valence-corrected chi connectivity index (χ4v) is 1.95. The van der Waals surface area contributed by atoms with Gasteiger partial charge in [0.2, 0.25) is 0 Å². The summed E-state index contributed by atoms with van der Waals surface area (Å²) in [5.74, 6) is -0.832. The minimum Gasteiger partial charge on any atom is -0.475 e. The molecule has 0 saturated heterocycles. The van der Waals surface area contributed by atoms with Crippen molar-refractivity contribution in [2.45, 2.75) is 6.18 Å². The van der Waals surface area contributed by atoms with E-state index in [4.69, 9.17) is 9.15 Å². The van der Waals surface area contributed by atoms with Crippen LogP contribution in [0.2, 0.25) is 0 Å². The molecule has 0 spiro atoms. The minimum atomic E-state index is -4.76. The summed E-state index contributed by atoms with van der Waals surface area (Å²) in [4.78, 5) is 17.5. The number of nitro groups is 1. The third-order valence-electron chi connectivity index (χ3n) is 3.04. The lowest BCUT2D eigenvalue weighted by atomic mass is 10.2. The molecule has 12 heteroatoms. The number of alkyl halides is 3. The van der Waals surface area contributed by atoms with E-state index >= 15 is 0 Å². The zero-order valence-corrected chi connectivity index (χ0v) is 12.4. The lowest BCUT2D eigenvalue weighted by Gasteiger charge is -2.09. The Bertz CT molecular complexity index is 920. The van der Waals surface area contributed by atoms with Crippen molar-refractivity contribution < 1.29 is 27.2 Å². The third-order valence-corrected chi connectivity index (χ3v) is 3.04. The number of furan rings is 1. The van der Waals surface area contributed by atoms with Crippen molar-refractivity contribution >= 4 is 5.69 Å². The highest BCUT2D eigenvalue weighted by Crippen LogP contribution is 2.32.